The van der Waals surface area contributed by atoms with E-state index in [1.165, 1.54) is 0 Å². The van der Waals surface area contributed by atoms with Crippen LogP contribution in [0.4, 0.5) is 11.5 Å². The average molecular weight is 166 g/mol. The lowest BCUT2D eigenvalue weighted by Crippen LogP contribution is -2.24. The number of nitrogens with zero attached hydrogens (tertiary/aromatic N) is 2. The molecule has 0 aliphatic rings. The molecule has 0 spiro atoms. The Balaban J connectivity index is 2.73. The van der Waals surface area contributed by atoms with Gasteiger partial charge in [-0.05, 0) is 6.07 Å². The fourth-order valence-electron chi connectivity index (χ4n) is 0.997. The molecule has 1 rings (SSSR count). The summed E-state index contributed by atoms with van der Waals surface area (Å²) >= 11 is 0. The van der Waals surface area contributed by atoms with Crippen molar-refractivity contribution in [1.82, 2.24) is 4.98 Å². The lowest BCUT2D eigenvalue weighted by atomic mass is 10.3. The van der Waals surface area contributed by atoms with Gasteiger partial charge in [0.2, 0.25) is 0 Å². The van der Waals surface area contributed by atoms with Crippen LogP contribution in [0.5, 0.6) is 0 Å². The molecule has 1 aromatic heterocycles. The Morgan fingerprint density at radius 1 is 1.58 bits per heavy atom. The van der Waals surface area contributed by atoms with Crippen molar-refractivity contribution in [2.24, 2.45) is 5.73 Å². The molecule has 66 valence electrons. The molecule has 0 aliphatic carbocycles. The smallest absolute Gasteiger partial charge is 0.125 e. The third-order valence-corrected chi connectivity index (χ3v) is 1.67. The highest BCUT2D eigenvalue weighted by atomic mass is 15.1. The van der Waals surface area contributed by atoms with Crippen LogP contribution < -0.4 is 16.4 Å². The van der Waals surface area contributed by atoms with Gasteiger partial charge in [-0.15, -0.1) is 0 Å². The molecular weight excluding hydrogens is 152 g/mol. The van der Waals surface area contributed by atoms with Crippen molar-refractivity contribution >= 4 is 11.5 Å². The fourth-order valence-corrected chi connectivity index (χ4v) is 0.997. The molecule has 0 atom stereocenters. The number of anilines is 2. The summed E-state index contributed by atoms with van der Waals surface area (Å²) in [6, 6.07) is 3.74. The van der Waals surface area contributed by atoms with Crippen LogP contribution in [0.2, 0.25) is 0 Å². The van der Waals surface area contributed by atoms with E-state index in [2.05, 4.69) is 4.98 Å². The predicted octanol–water partition coefficient (Wildman–Crippen LogP) is 0.0587. The maximum Gasteiger partial charge on any atom is 0.125 e. The molecule has 0 aliphatic heterocycles. The summed E-state index contributed by atoms with van der Waals surface area (Å²) in [5.41, 5.74) is 12.0. The van der Waals surface area contributed by atoms with Crippen LogP contribution in [0.1, 0.15) is 0 Å². The number of pyridine rings is 1. The number of hydrogen-bond donors (Lipinski definition) is 2. The quantitative estimate of drug-likeness (QED) is 0.666. The molecule has 12 heavy (non-hydrogen) atoms. The molecule has 1 heterocycles. The summed E-state index contributed by atoms with van der Waals surface area (Å²) in [6.07, 6.45) is 1.69. The van der Waals surface area contributed by atoms with Crippen molar-refractivity contribution in [3.05, 3.63) is 18.3 Å². The van der Waals surface area contributed by atoms with E-state index in [0.29, 0.717) is 12.4 Å². The van der Waals surface area contributed by atoms with Crippen molar-refractivity contribution in [1.29, 1.82) is 0 Å². The highest BCUT2D eigenvalue weighted by Gasteiger charge is 1.98. The first-order valence-electron chi connectivity index (χ1n) is 3.87. The Hall–Kier alpha value is -1.29. The minimum atomic E-state index is 0.538. The number of hydrogen-bond acceptors (Lipinski definition) is 4. The first-order valence-corrected chi connectivity index (χ1v) is 3.87. The number of aromatic nitrogens is 1. The van der Waals surface area contributed by atoms with Crippen LogP contribution in [0.3, 0.4) is 0 Å². The van der Waals surface area contributed by atoms with Crippen LogP contribution in [-0.2, 0) is 0 Å². The Kier molecular flexibility index (Phi) is 2.88. The van der Waals surface area contributed by atoms with Crippen molar-refractivity contribution in [3.63, 3.8) is 0 Å². The highest BCUT2D eigenvalue weighted by Crippen LogP contribution is 2.12. The van der Waals surface area contributed by atoms with Crippen LogP contribution in [0, 0.1) is 0 Å². The average Bonchev–Trinajstić information content (AvgIpc) is 2.05. The first-order chi connectivity index (χ1) is 5.74. The van der Waals surface area contributed by atoms with E-state index in [1.54, 1.807) is 6.20 Å². The summed E-state index contributed by atoms with van der Waals surface area (Å²) in [6.45, 7) is 1.46. The highest BCUT2D eigenvalue weighted by molar-refractivity contribution is 5.51. The number of likely N-dealkylation sites (N-methyl/N-ethyl adjacent to an activating group) is 1. The van der Waals surface area contributed by atoms with E-state index in [-0.39, 0.29) is 0 Å². The van der Waals surface area contributed by atoms with Gasteiger partial charge in [-0.1, -0.05) is 0 Å². The van der Waals surface area contributed by atoms with Crippen LogP contribution in [0.15, 0.2) is 18.3 Å². The second-order valence-electron chi connectivity index (χ2n) is 2.65. The van der Waals surface area contributed by atoms with Crippen LogP contribution >= 0.6 is 0 Å². The minimum absolute atomic E-state index is 0.538. The molecule has 0 saturated carbocycles. The maximum atomic E-state index is 5.52. The molecule has 0 amide bonds. The lowest BCUT2D eigenvalue weighted by Gasteiger charge is -2.17. The monoisotopic (exact) mass is 166 g/mol. The van der Waals surface area contributed by atoms with Crippen LogP contribution in [-0.4, -0.2) is 25.1 Å². The molecular formula is C8H14N4. The summed E-state index contributed by atoms with van der Waals surface area (Å²) < 4.78 is 0. The molecule has 0 radical (unpaired) electrons. The Morgan fingerprint density at radius 3 is 2.92 bits per heavy atom. The zero-order chi connectivity index (χ0) is 8.97. The van der Waals surface area contributed by atoms with Crippen molar-refractivity contribution < 1.29 is 0 Å². The minimum Gasteiger partial charge on any atom is -0.384 e. The molecule has 0 aromatic carbocycles. The molecule has 1 aromatic rings. The van der Waals surface area contributed by atoms with E-state index in [1.807, 2.05) is 24.1 Å². The Bertz CT molecular complexity index is 249. The van der Waals surface area contributed by atoms with E-state index >= 15 is 0 Å². The van der Waals surface area contributed by atoms with Gasteiger partial charge in [0, 0.05) is 38.1 Å². The summed E-state index contributed by atoms with van der Waals surface area (Å²) in [4.78, 5) is 5.94. The fraction of sp³-hybridized carbons (Fsp3) is 0.375. The number of rotatable bonds is 3. The lowest BCUT2D eigenvalue weighted by molar-refractivity contribution is 0.885. The zero-order valence-corrected chi connectivity index (χ0v) is 7.20. The van der Waals surface area contributed by atoms with Gasteiger partial charge in [-0.25, -0.2) is 4.98 Å². The second kappa shape index (κ2) is 3.92. The number of nitrogen functional groups attached to an aromatic ring is 1. The Labute approximate surface area is 72.2 Å². The van der Waals surface area contributed by atoms with Gasteiger partial charge < -0.3 is 16.4 Å². The van der Waals surface area contributed by atoms with E-state index in [0.717, 1.165) is 12.2 Å². The van der Waals surface area contributed by atoms with Gasteiger partial charge in [-0.3, -0.25) is 0 Å². The maximum absolute atomic E-state index is 5.52. The van der Waals surface area contributed by atoms with Gasteiger partial charge in [-0.2, -0.15) is 0 Å². The molecule has 4 N–H and O–H groups in total. The largest absolute Gasteiger partial charge is 0.384 e. The zero-order valence-electron chi connectivity index (χ0n) is 7.20. The first kappa shape index (κ1) is 8.80. The summed E-state index contributed by atoms with van der Waals surface area (Å²) in [7, 11) is 1.97. The molecule has 0 fully saturated rings. The third kappa shape index (κ3) is 2.10. The van der Waals surface area contributed by atoms with E-state index < -0.39 is 0 Å². The molecule has 4 heteroatoms. The third-order valence-electron chi connectivity index (χ3n) is 1.67. The summed E-state index contributed by atoms with van der Waals surface area (Å²) in [5, 5.41) is 0. The van der Waals surface area contributed by atoms with Gasteiger partial charge in [0.1, 0.15) is 5.82 Å². The molecule has 0 bridgehead atoms. The summed E-state index contributed by atoms with van der Waals surface area (Å²) in [5.74, 6) is 0.538. The topological polar surface area (TPSA) is 68.2 Å². The molecule has 4 nitrogen and oxygen atoms in total. The van der Waals surface area contributed by atoms with Gasteiger partial charge in [0.05, 0.1) is 0 Å². The second-order valence-corrected chi connectivity index (χ2v) is 2.65. The molecule has 0 saturated heterocycles. The predicted molar refractivity (Wildman–Crippen MR) is 51.0 cm³/mol. The normalized spacial score (nSPS) is 9.83. The van der Waals surface area contributed by atoms with Crippen molar-refractivity contribution in [2.75, 3.05) is 30.8 Å². The van der Waals surface area contributed by atoms with Gasteiger partial charge in [0.25, 0.3) is 0 Å². The Morgan fingerprint density at radius 2 is 2.33 bits per heavy atom. The van der Waals surface area contributed by atoms with Crippen LogP contribution in [0.25, 0.3) is 0 Å². The van der Waals surface area contributed by atoms with E-state index in [4.69, 9.17) is 11.5 Å². The van der Waals surface area contributed by atoms with Gasteiger partial charge in [0.15, 0.2) is 0 Å². The van der Waals surface area contributed by atoms with E-state index in [9.17, 15) is 0 Å². The number of nitrogens with two attached hydrogens (primary N) is 2. The van der Waals surface area contributed by atoms with Gasteiger partial charge >= 0.3 is 0 Å². The van der Waals surface area contributed by atoms with Crippen molar-refractivity contribution in [2.45, 2.75) is 0 Å². The molecule has 0 unspecified atom stereocenters. The SMILES string of the molecule is CN(CCN)c1ccnc(N)c1. The standard InChI is InChI=1S/C8H14N4/c1-12(5-3-9)7-2-4-11-8(10)6-7/h2,4,6H,3,5,9H2,1H3,(H2,10,11). The van der Waals surface area contributed by atoms with Crippen molar-refractivity contribution in [3.8, 4) is 0 Å².